The number of nitrogens with one attached hydrogen (secondary N) is 2. The van der Waals surface area contributed by atoms with Gasteiger partial charge in [0.15, 0.2) is 0 Å². The zero-order valence-corrected chi connectivity index (χ0v) is 18.5. The predicted molar refractivity (Wildman–Crippen MR) is 122 cm³/mol. The fourth-order valence-electron chi connectivity index (χ4n) is 2.66. The van der Waals surface area contributed by atoms with E-state index in [1.807, 2.05) is 41.3 Å². The van der Waals surface area contributed by atoms with E-state index in [4.69, 9.17) is 0 Å². The van der Waals surface area contributed by atoms with Crippen molar-refractivity contribution in [2.45, 2.75) is 12.3 Å². The molecule has 7 nitrogen and oxygen atoms in total. The van der Waals surface area contributed by atoms with Crippen LogP contribution in [0.1, 0.15) is 20.1 Å². The van der Waals surface area contributed by atoms with Crippen molar-refractivity contribution in [3.63, 3.8) is 0 Å². The quantitative estimate of drug-likeness (QED) is 0.479. The second-order valence-electron chi connectivity index (χ2n) is 6.79. The normalized spacial score (nSPS) is 11.0. The van der Waals surface area contributed by atoms with Crippen LogP contribution in [0.3, 0.4) is 0 Å². The van der Waals surface area contributed by atoms with Crippen molar-refractivity contribution in [3.8, 4) is 0 Å². The van der Waals surface area contributed by atoms with Crippen molar-refractivity contribution in [1.82, 2.24) is 19.7 Å². The van der Waals surface area contributed by atoms with Crippen LogP contribution in [-0.4, -0.2) is 52.0 Å². The molecule has 0 spiro atoms. The lowest BCUT2D eigenvalue weighted by Crippen LogP contribution is -2.13. The zero-order chi connectivity index (χ0) is 20.6. The lowest BCUT2D eigenvalue weighted by Gasteiger charge is -2.06. The lowest BCUT2D eigenvalue weighted by molar-refractivity contribution is 0.102. The van der Waals surface area contributed by atoms with Gasteiger partial charge in [-0.25, -0.2) is 4.68 Å². The third-order valence-corrected chi connectivity index (χ3v) is 6.25. The Morgan fingerprint density at radius 2 is 1.93 bits per heavy atom. The van der Waals surface area contributed by atoms with Crippen LogP contribution >= 0.6 is 23.1 Å². The van der Waals surface area contributed by atoms with Gasteiger partial charge in [-0.05, 0) is 38.4 Å². The summed E-state index contributed by atoms with van der Waals surface area (Å²) in [6.45, 7) is 1.77. The first-order chi connectivity index (χ1) is 14.0. The van der Waals surface area contributed by atoms with Gasteiger partial charge in [-0.15, -0.1) is 16.4 Å². The van der Waals surface area contributed by atoms with Crippen LogP contribution in [0.15, 0.2) is 42.5 Å². The molecule has 1 amide bonds. The Bertz CT molecular complexity index is 922. The second-order valence-corrected chi connectivity index (χ2v) is 9.15. The minimum absolute atomic E-state index is 0.220. The number of thiophene rings is 1. The third kappa shape index (κ3) is 6.59. The molecule has 0 aliphatic rings. The van der Waals surface area contributed by atoms with Crippen LogP contribution in [0.4, 0.5) is 11.9 Å². The van der Waals surface area contributed by atoms with Crippen LogP contribution in [0.25, 0.3) is 0 Å². The average Bonchev–Trinajstić information content (AvgIpc) is 3.27. The third-order valence-electron chi connectivity index (χ3n) is 3.99. The van der Waals surface area contributed by atoms with Crippen molar-refractivity contribution in [2.24, 2.45) is 7.05 Å². The average molecular weight is 431 g/mol. The number of hydrogen-bond donors (Lipinski definition) is 2. The van der Waals surface area contributed by atoms with E-state index in [0.29, 0.717) is 17.5 Å². The Hall–Kier alpha value is -2.36. The molecule has 0 saturated heterocycles. The summed E-state index contributed by atoms with van der Waals surface area (Å²) in [6, 6.07) is 13.5. The SMILES string of the molecule is CN(C)Cc1ccc(CSCCNc2nc(NC(=O)c3ccccc3)nn2C)s1. The molecule has 2 aromatic heterocycles. The largest absolute Gasteiger partial charge is 0.354 e. The van der Waals surface area contributed by atoms with Gasteiger partial charge in [0.1, 0.15) is 0 Å². The molecule has 0 unspecified atom stereocenters. The first-order valence-electron chi connectivity index (χ1n) is 9.32. The minimum Gasteiger partial charge on any atom is -0.354 e. The van der Waals surface area contributed by atoms with Crippen LogP contribution in [-0.2, 0) is 19.3 Å². The van der Waals surface area contributed by atoms with E-state index < -0.39 is 0 Å². The summed E-state index contributed by atoms with van der Waals surface area (Å²) in [7, 11) is 5.98. The summed E-state index contributed by atoms with van der Waals surface area (Å²) in [5, 5.41) is 10.3. The van der Waals surface area contributed by atoms with E-state index >= 15 is 0 Å². The van der Waals surface area contributed by atoms with E-state index in [2.05, 4.69) is 51.8 Å². The maximum Gasteiger partial charge on any atom is 0.258 e. The molecule has 0 aliphatic heterocycles. The Balaban J connectivity index is 1.41. The Morgan fingerprint density at radius 1 is 1.17 bits per heavy atom. The molecular weight excluding hydrogens is 404 g/mol. The van der Waals surface area contributed by atoms with E-state index in [1.54, 1.807) is 23.9 Å². The van der Waals surface area contributed by atoms with Crippen molar-refractivity contribution in [3.05, 3.63) is 57.8 Å². The van der Waals surface area contributed by atoms with Crippen molar-refractivity contribution in [1.29, 1.82) is 0 Å². The standard InChI is InChI=1S/C20H26N6OS2/c1-25(2)13-16-9-10-17(29-16)14-28-12-11-21-20-23-19(24-26(20)3)22-18(27)15-7-5-4-6-8-15/h4-10H,11-14H2,1-3H3,(H2,21,22,23,24,27). The number of nitrogens with zero attached hydrogens (tertiary/aromatic N) is 4. The first kappa shape index (κ1) is 21.4. The number of benzene rings is 1. The molecule has 0 radical (unpaired) electrons. The van der Waals surface area contributed by atoms with E-state index in [9.17, 15) is 4.79 Å². The number of anilines is 2. The Morgan fingerprint density at radius 3 is 2.69 bits per heavy atom. The monoisotopic (exact) mass is 430 g/mol. The molecule has 2 heterocycles. The molecule has 154 valence electrons. The van der Waals surface area contributed by atoms with Crippen molar-refractivity contribution < 1.29 is 4.79 Å². The van der Waals surface area contributed by atoms with Gasteiger partial charge >= 0.3 is 0 Å². The van der Waals surface area contributed by atoms with Gasteiger partial charge in [0.05, 0.1) is 0 Å². The minimum atomic E-state index is -0.220. The van der Waals surface area contributed by atoms with Gasteiger partial charge in [-0.3, -0.25) is 10.1 Å². The Kier molecular flexibility index (Phi) is 7.68. The molecule has 29 heavy (non-hydrogen) atoms. The maximum atomic E-state index is 12.2. The van der Waals surface area contributed by atoms with Crippen LogP contribution in [0.5, 0.6) is 0 Å². The number of hydrogen-bond acceptors (Lipinski definition) is 7. The van der Waals surface area contributed by atoms with Gasteiger partial charge in [-0.2, -0.15) is 16.7 Å². The molecule has 0 atom stereocenters. The summed E-state index contributed by atoms with van der Waals surface area (Å²) in [5.41, 5.74) is 0.577. The fourth-order valence-corrected chi connectivity index (χ4v) is 4.76. The molecule has 9 heteroatoms. The fraction of sp³-hybridized carbons (Fsp3) is 0.350. The summed E-state index contributed by atoms with van der Waals surface area (Å²) >= 11 is 3.76. The Labute approximate surface area is 179 Å². The highest BCUT2D eigenvalue weighted by Gasteiger charge is 2.11. The molecule has 1 aromatic carbocycles. The molecule has 3 aromatic rings. The first-order valence-corrected chi connectivity index (χ1v) is 11.3. The molecule has 0 aliphatic carbocycles. The van der Waals surface area contributed by atoms with Gasteiger partial charge in [-0.1, -0.05) is 18.2 Å². The second kappa shape index (κ2) is 10.4. The van der Waals surface area contributed by atoms with Gasteiger partial charge < -0.3 is 10.2 Å². The van der Waals surface area contributed by atoms with Crippen molar-refractivity contribution >= 4 is 40.9 Å². The van der Waals surface area contributed by atoms with Gasteiger partial charge in [0.25, 0.3) is 11.9 Å². The lowest BCUT2D eigenvalue weighted by atomic mass is 10.2. The molecular formula is C20H26N6OS2. The number of amides is 1. The van der Waals surface area contributed by atoms with Gasteiger partial charge in [0.2, 0.25) is 5.95 Å². The number of carbonyl (C=O) groups is 1. The highest BCUT2D eigenvalue weighted by molar-refractivity contribution is 7.98. The summed E-state index contributed by atoms with van der Waals surface area (Å²) in [6.07, 6.45) is 0. The zero-order valence-electron chi connectivity index (χ0n) is 16.9. The number of aromatic nitrogens is 3. The topological polar surface area (TPSA) is 75.1 Å². The van der Waals surface area contributed by atoms with Crippen LogP contribution in [0.2, 0.25) is 0 Å². The molecule has 2 N–H and O–H groups in total. The summed E-state index contributed by atoms with van der Waals surface area (Å²) < 4.78 is 1.64. The highest BCUT2D eigenvalue weighted by atomic mass is 32.2. The smallest absolute Gasteiger partial charge is 0.258 e. The molecule has 0 bridgehead atoms. The van der Waals surface area contributed by atoms with Crippen molar-refractivity contribution in [2.75, 3.05) is 37.0 Å². The number of thioether (sulfide) groups is 1. The number of aryl methyl sites for hydroxylation is 1. The van der Waals surface area contributed by atoms with E-state index in [-0.39, 0.29) is 5.91 Å². The molecule has 3 rings (SSSR count). The predicted octanol–water partition coefficient (Wildman–Crippen LogP) is 3.54. The van der Waals surface area contributed by atoms with E-state index in [0.717, 1.165) is 24.6 Å². The maximum absolute atomic E-state index is 12.2. The summed E-state index contributed by atoms with van der Waals surface area (Å²) in [4.78, 5) is 21.5. The van der Waals surface area contributed by atoms with Gasteiger partial charge in [0, 0.05) is 47.0 Å². The molecule has 0 fully saturated rings. The van der Waals surface area contributed by atoms with E-state index in [1.165, 1.54) is 9.75 Å². The van der Waals surface area contributed by atoms with Crippen LogP contribution < -0.4 is 10.6 Å². The van der Waals surface area contributed by atoms with Crippen LogP contribution in [0, 0.1) is 0 Å². The number of carbonyl (C=O) groups excluding carboxylic acids is 1. The highest BCUT2D eigenvalue weighted by Crippen LogP contribution is 2.22. The summed E-state index contributed by atoms with van der Waals surface area (Å²) in [5.74, 6) is 2.68. The number of rotatable bonds is 10. The molecule has 0 saturated carbocycles.